The molecule has 0 radical (unpaired) electrons. The number of aliphatic hydroxyl groups excluding tert-OH is 3. The fourth-order valence-corrected chi connectivity index (χ4v) is 5.63. The number of esters is 1. The fraction of sp³-hybridized carbons (Fsp3) is 0.406. The molecule has 2 heterocycles. The summed E-state index contributed by atoms with van der Waals surface area (Å²) in [7, 11) is 4.50. The van der Waals surface area contributed by atoms with Crippen LogP contribution in [-0.4, -0.2) is 78.7 Å². The summed E-state index contributed by atoms with van der Waals surface area (Å²) in [6.07, 6.45) is 1.68. The molecule has 254 valence electrons. The molecule has 0 saturated carbocycles. The highest BCUT2D eigenvalue weighted by Gasteiger charge is 2.35. The van der Waals surface area contributed by atoms with Crippen LogP contribution < -0.4 is 29.1 Å². The molecule has 0 amide bonds. The highest BCUT2D eigenvalue weighted by atomic mass is 79.9. The van der Waals surface area contributed by atoms with Crippen LogP contribution in [-0.2, 0) is 9.53 Å². The quantitative estimate of drug-likeness (QED) is 0.265. The van der Waals surface area contributed by atoms with Crippen LogP contribution in [0.2, 0.25) is 0 Å². The van der Waals surface area contributed by atoms with Crippen molar-refractivity contribution in [3.63, 3.8) is 0 Å². The summed E-state index contributed by atoms with van der Waals surface area (Å²) in [5.41, 5.74) is 1.51. The smallest absolute Gasteiger partial charge is 0.338 e. The lowest BCUT2D eigenvalue weighted by molar-refractivity contribution is -0.139. The Morgan fingerprint density at radius 2 is 1.57 bits per heavy atom. The van der Waals surface area contributed by atoms with E-state index in [1.807, 2.05) is 0 Å². The van der Waals surface area contributed by atoms with E-state index in [1.165, 1.54) is 37.2 Å². The van der Waals surface area contributed by atoms with Gasteiger partial charge in [-0.2, -0.15) is 0 Å². The predicted molar refractivity (Wildman–Crippen MR) is 181 cm³/mol. The van der Waals surface area contributed by atoms with Gasteiger partial charge in [0, 0.05) is 25.4 Å². The van der Waals surface area contributed by atoms with Crippen molar-refractivity contribution < 1.29 is 44.2 Å². The van der Waals surface area contributed by atoms with E-state index in [2.05, 4.69) is 20.9 Å². The van der Waals surface area contributed by atoms with Crippen LogP contribution in [0.25, 0.3) is 6.08 Å². The lowest BCUT2D eigenvalue weighted by Crippen LogP contribution is -2.40. The van der Waals surface area contributed by atoms with Gasteiger partial charge >= 0.3 is 5.97 Å². The second-order valence-corrected chi connectivity index (χ2v) is 10.8. The number of ether oxygens (including phenoxy) is 4. The number of methoxy groups -OCH3 is 3. The van der Waals surface area contributed by atoms with Crippen molar-refractivity contribution in [3.05, 3.63) is 76.9 Å². The van der Waals surface area contributed by atoms with E-state index in [0.717, 1.165) is 0 Å². The maximum absolute atomic E-state index is 13.8. The third-order valence-electron chi connectivity index (χ3n) is 5.82. The van der Waals surface area contributed by atoms with Crippen LogP contribution in [0.1, 0.15) is 51.8 Å². The molecular weight excluding hydrogens is 684 g/mol. The van der Waals surface area contributed by atoms with Crippen LogP contribution in [0.3, 0.4) is 0 Å². The van der Waals surface area contributed by atoms with Crippen molar-refractivity contribution in [1.82, 2.24) is 4.57 Å². The number of aromatic nitrogens is 1. The van der Waals surface area contributed by atoms with Crippen molar-refractivity contribution >= 4 is 39.3 Å². The number of halogens is 1. The summed E-state index contributed by atoms with van der Waals surface area (Å²) in [5, 5.41) is 32.9. The number of carbonyl (C=O) groups excluding carboxylic acids is 1. The number of phenolic OH excluding ortho intramolecular Hbond substituents is 1. The molecule has 3 aromatic rings. The van der Waals surface area contributed by atoms with Gasteiger partial charge in [-0.05, 0) is 92.5 Å². The highest BCUT2D eigenvalue weighted by Crippen LogP contribution is 2.38. The molecule has 0 saturated heterocycles. The van der Waals surface area contributed by atoms with Gasteiger partial charge in [-0.25, -0.2) is 9.79 Å². The molecular formula is C32H43BrN2O10S. The number of rotatable bonds is 7. The van der Waals surface area contributed by atoms with Gasteiger partial charge in [-0.15, -0.1) is 0 Å². The number of aromatic hydroxyl groups is 1. The van der Waals surface area contributed by atoms with E-state index >= 15 is 0 Å². The summed E-state index contributed by atoms with van der Waals surface area (Å²) in [5.74, 6) is 0.662. The molecule has 0 spiro atoms. The third-order valence-corrected chi connectivity index (χ3v) is 7.40. The molecule has 0 aliphatic carbocycles. The zero-order chi connectivity index (χ0) is 35.0. The van der Waals surface area contributed by atoms with Gasteiger partial charge < -0.3 is 39.4 Å². The van der Waals surface area contributed by atoms with E-state index in [9.17, 15) is 14.7 Å². The molecule has 1 atom stereocenters. The van der Waals surface area contributed by atoms with E-state index in [-0.39, 0.29) is 49.1 Å². The third kappa shape index (κ3) is 10.2. The van der Waals surface area contributed by atoms with E-state index in [4.69, 9.17) is 34.3 Å². The first kappa shape index (κ1) is 40.3. The summed E-state index contributed by atoms with van der Waals surface area (Å²) in [6, 6.07) is 7.64. The standard InChI is InChI=1S/C26H25BrN2O7S.3C2H6O/c1-6-36-25(32)21-13(2)28-26-29(22(21)16-12-15(33-3)7-8-18(16)34-4)24(31)20(37-26)11-14-9-17(27)23(30)19(10-14)35-5;3*1-2-3/h7-12,22,30H,6H2,1-5H3;3*3H,2H2,1H3/b20-11+;;;. The molecule has 1 aliphatic heterocycles. The fourth-order valence-electron chi connectivity index (χ4n) is 4.12. The topological polar surface area (TPSA) is 169 Å². The largest absolute Gasteiger partial charge is 0.503 e. The van der Waals surface area contributed by atoms with Crippen LogP contribution >= 0.6 is 27.3 Å². The molecule has 0 fully saturated rings. The molecule has 4 rings (SSSR count). The maximum atomic E-state index is 13.8. The van der Waals surface area contributed by atoms with Crippen molar-refractivity contribution in [2.24, 2.45) is 4.99 Å². The van der Waals surface area contributed by atoms with Crippen LogP contribution in [0.4, 0.5) is 0 Å². The molecule has 12 nitrogen and oxygen atoms in total. The Morgan fingerprint density at radius 1 is 0.978 bits per heavy atom. The minimum Gasteiger partial charge on any atom is -0.503 e. The average Bonchev–Trinajstić information content (AvgIpc) is 3.32. The number of carbonyl (C=O) groups is 1. The van der Waals surface area contributed by atoms with Gasteiger partial charge in [0.15, 0.2) is 16.3 Å². The van der Waals surface area contributed by atoms with Crippen molar-refractivity contribution in [2.45, 2.75) is 40.7 Å². The number of fused-ring (bicyclic) bond motifs is 1. The van der Waals surface area contributed by atoms with E-state index in [0.29, 0.717) is 42.1 Å². The number of hydrogen-bond donors (Lipinski definition) is 4. The van der Waals surface area contributed by atoms with E-state index in [1.54, 1.807) is 71.0 Å². The van der Waals surface area contributed by atoms with Crippen LogP contribution in [0, 0.1) is 0 Å². The number of nitrogens with zero attached hydrogens (tertiary/aromatic N) is 2. The average molecular weight is 728 g/mol. The molecule has 0 bridgehead atoms. The van der Waals surface area contributed by atoms with Crippen LogP contribution in [0.15, 0.2) is 55.9 Å². The summed E-state index contributed by atoms with van der Waals surface area (Å²) < 4.78 is 23.9. The molecule has 4 N–H and O–H groups in total. The zero-order valence-electron chi connectivity index (χ0n) is 27.3. The number of phenols is 1. The van der Waals surface area contributed by atoms with E-state index < -0.39 is 12.0 Å². The van der Waals surface area contributed by atoms with Gasteiger partial charge in [0.1, 0.15) is 17.5 Å². The Bertz CT molecular complexity index is 1640. The number of allylic oxidation sites excluding steroid dienone is 1. The lowest BCUT2D eigenvalue weighted by atomic mass is 9.94. The lowest BCUT2D eigenvalue weighted by Gasteiger charge is -2.26. The Hall–Kier alpha value is -3.69. The van der Waals surface area contributed by atoms with Crippen molar-refractivity contribution in [1.29, 1.82) is 0 Å². The Kier molecular flexibility index (Phi) is 17.9. The normalized spacial score (nSPS) is 13.4. The first-order chi connectivity index (χ1) is 22.0. The Morgan fingerprint density at radius 3 is 2.09 bits per heavy atom. The summed E-state index contributed by atoms with van der Waals surface area (Å²) in [4.78, 5) is 32.0. The SMILES string of the molecule is CCO.CCO.CCO.CCOC(=O)C1=C(C)N=c2s/c(=C/c3cc(Br)c(O)c(OC)c3)c(=O)n2C1c1cc(OC)ccc1OC. The van der Waals surface area contributed by atoms with Gasteiger partial charge in [-0.3, -0.25) is 9.36 Å². The minimum atomic E-state index is -0.858. The predicted octanol–water partition coefficient (Wildman–Crippen LogP) is 3.29. The van der Waals surface area contributed by atoms with Crippen molar-refractivity contribution in [3.8, 4) is 23.0 Å². The second kappa shape index (κ2) is 20.4. The first-order valence-corrected chi connectivity index (χ1v) is 15.9. The van der Waals surface area contributed by atoms with Gasteiger partial charge in [0.05, 0.1) is 48.2 Å². The Balaban J connectivity index is 0.00000105. The first-order valence-electron chi connectivity index (χ1n) is 14.3. The minimum absolute atomic E-state index is 0.0408. The molecule has 46 heavy (non-hydrogen) atoms. The number of thiazole rings is 1. The summed E-state index contributed by atoms with van der Waals surface area (Å²) in [6.45, 7) is 9.39. The van der Waals surface area contributed by atoms with Crippen molar-refractivity contribution in [2.75, 3.05) is 47.8 Å². The van der Waals surface area contributed by atoms with Gasteiger partial charge in [0.25, 0.3) is 5.56 Å². The highest BCUT2D eigenvalue weighted by molar-refractivity contribution is 9.10. The summed E-state index contributed by atoms with van der Waals surface area (Å²) >= 11 is 4.49. The molecule has 2 aromatic carbocycles. The molecule has 14 heteroatoms. The van der Waals surface area contributed by atoms with Gasteiger partial charge in [-0.1, -0.05) is 11.3 Å². The molecule has 1 aliphatic rings. The molecule has 1 unspecified atom stereocenters. The monoisotopic (exact) mass is 726 g/mol. The number of aliphatic hydroxyl groups is 3. The van der Waals surface area contributed by atoms with Gasteiger partial charge in [0.2, 0.25) is 0 Å². The zero-order valence-corrected chi connectivity index (χ0v) is 29.7. The van der Waals surface area contributed by atoms with Crippen LogP contribution in [0.5, 0.6) is 23.0 Å². The number of hydrogen-bond acceptors (Lipinski definition) is 12. The molecule has 1 aromatic heterocycles. The second-order valence-electron chi connectivity index (χ2n) is 8.91. The number of benzene rings is 2. The maximum Gasteiger partial charge on any atom is 0.338 e. The Labute approximate surface area is 280 Å².